The van der Waals surface area contributed by atoms with Gasteiger partial charge in [-0.3, -0.25) is 14.6 Å². The van der Waals surface area contributed by atoms with Crippen LogP contribution in [0.2, 0.25) is 0 Å². The first-order valence-electron chi connectivity index (χ1n) is 9.20. The van der Waals surface area contributed by atoms with Gasteiger partial charge in [-0.1, -0.05) is 24.3 Å². The number of aromatic nitrogens is 1. The fourth-order valence-corrected chi connectivity index (χ4v) is 3.54. The molecule has 0 saturated heterocycles. The van der Waals surface area contributed by atoms with Gasteiger partial charge in [0, 0.05) is 24.2 Å². The zero-order valence-corrected chi connectivity index (χ0v) is 17.3. The zero-order chi connectivity index (χ0) is 20.9. The predicted molar refractivity (Wildman–Crippen MR) is 114 cm³/mol. The second kappa shape index (κ2) is 9.21. The van der Waals surface area contributed by atoms with Crippen LogP contribution in [0.4, 0.5) is 5.69 Å². The molecule has 7 nitrogen and oxygen atoms in total. The Balaban J connectivity index is 1.47. The van der Waals surface area contributed by atoms with E-state index in [-0.39, 0.29) is 6.61 Å². The normalized spacial score (nSPS) is 12.8. The number of hydrogen-bond acceptors (Lipinski definition) is 6. The first-order chi connectivity index (χ1) is 13.8. The number of nitrogens with one attached hydrogen (secondary N) is 1. The topological polar surface area (TPSA) is 91.8 Å². The smallest absolute Gasteiger partial charge is 0.229 e. The molecule has 0 bridgehead atoms. The maximum absolute atomic E-state index is 11.2. The first-order valence-corrected chi connectivity index (χ1v) is 11.1. The number of likely N-dealkylation sites (N-methyl/N-ethyl adjacent to an activating group) is 1. The van der Waals surface area contributed by atoms with Gasteiger partial charge < -0.3 is 9.84 Å². The SMILES string of the molecule is CN(Cc1ccc2ccccc2n1)CC(O)COc1ccc(NS(C)(=O)=O)cc1. The number of nitrogens with zero attached hydrogens (tertiary/aromatic N) is 2. The molecule has 154 valence electrons. The zero-order valence-electron chi connectivity index (χ0n) is 16.4. The molecule has 0 radical (unpaired) electrons. The Morgan fingerprint density at radius 3 is 2.55 bits per heavy atom. The third-order valence-corrected chi connectivity index (χ3v) is 4.82. The van der Waals surface area contributed by atoms with Crippen LogP contribution in [-0.2, 0) is 16.6 Å². The summed E-state index contributed by atoms with van der Waals surface area (Å²) in [6.45, 7) is 1.18. The van der Waals surface area contributed by atoms with Crippen LogP contribution in [0.15, 0.2) is 60.7 Å². The number of anilines is 1. The highest BCUT2D eigenvalue weighted by Crippen LogP contribution is 2.17. The highest BCUT2D eigenvalue weighted by Gasteiger charge is 2.11. The van der Waals surface area contributed by atoms with Crippen LogP contribution >= 0.6 is 0 Å². The fourth-order valence-electron chi connectivity index (χ4n) is 2.98. The van der Waals surface area contributed by atoms with Gasteiger partial charge in [0.2, 0.25) is 10.0 Å². The van der Waals surface area contributed by atoms with Gasteiger partial charge in [-0.2, -0.15) is 0 Å². The molecule has 2 N–H and O–H groups in total. The lowest BCUT2D eigenvalue weighted by Crippen LogP contribution is -2.33. The predicted octanol–water partition coefficient (Wildman–Crippen LogP) is 2.48. The molecule has 8 heteroatoms. The summed E-state index contributed by atoms with van der Waals surface area (Å²) >= 11 is 0. The van der Waals surface area contributed by atoms with Crippen LogP contribution in [0.25, 0.3) is 10.9 Å². The van der Waals surface area contributed by atoms with Crippen LogP contribution < -0.4 is 9.46 Å². The van der Waals surface area contributed by atoms with E-state index in [1.807, 2.05) is 48.3 Å². The monoisotopic (exact) mass is 415 g/mol. The average Bonchev–Trinajstić information content (AvgIpc) is 2.66. The molecule has 0 aliphatic rings. The Morgan fingerprint density at radius 2 is 1.83 bits per heavy atom. The van der Waals surface area contributed by atoms with Crippen molar-refractivity contribution < 1.29 is 18.3 Å². The molecule has 29 heavy (non-hydrogen) atoms. The van der Waals surface area contributed by atoms with Crippen molar-refractivity contribution in [1.29, 1.82) is 0 Å². The lowest BCUT2D eigenvalue weighted by molar-refractivity contribution is 0.0741. The number of pyridine rings is 1. The van der Waals surface area contributed by atoms with E-state index in [1.165, 1.54) is 0 Å². The standard InChI is InChI=1S/C21H25N3O4S/c1-24(13-18-8-7-16-5-3-4-6-21(16)22-18)14-19(25)15-28-20-11-9-17(10-12-20)23-29(2,26)27/h3-12,19,23,25H,13-15H2,1-2H3. The molecule has 1 heterocycles. The van der Waals surface area contributed by atoms with E-state index >= 15 is 0 Å². The summed E-state index contributed by atoms with van der Waals surface area (Å²) in [5, 5.41) is 11.4. The van der Waals surface area contributed by atoms with Crippen molar-refractivity contribution in [2.45, 2.75) is 12.6 Å². The maximum atomic E-state index is 11.2. The van der Waals surface area contributed by atoms with E-state index in [0.717, 1.165) is 22.9 Å². The Labute approximate surface area is 171 Å². The number of rotatable bonds is 9. The molecular formula is C21H25N3O4S. The summed E-state index contributed by atoms with van der Waals surface area (Å²) in [6.07, 6.45) is 0.423. The third kappa shape index (κ3) is 6.70. The van der Waals surface area contributed by atoms with E-state index in [2.05, 4.69) is 9.71 Å². The van der Waals surface area contributed by atoms with Crippen molar-refractivity contribution in [1.82, 2.24) is 9.88 Å². The van der Waals surface area contributed by atoms with Gasteiger partial charge in [0.25, 0.3) is 0 Å². The molecule has 0 saturated carbocycles. The Morgan fingerprint density at radius 1 is 1.10 bits per heavy atom. The number of aliphatic hydroxyl groups is 1. The molecule has 0 aliphatic heterocycles. The lowest BCUT2D eigenvalue weighted by Gasteiger charge is -2.20. The largest absolute Gasteiger partial charge is 0.491 e. The van der Waals surface area contributed by atoms with Gasteiger partial charge in [-0.25, -0.2) is 8.42 Å². The number of benzene rings is 2. The maximum Gasteiger partial charge on any atom is 0.229 e. The summed E-state index contributed by atoms with van der Waals surface area (Å²) in [7, 11) is -1.39. The molecule has 3 rings (SSSR count). The molecule has 0 fully saturated rings. The third-order valence-electron chi connectivity index (χ3n) is 4.21. The summed E-state index contributed by atoms with van der Waals surface area (Å²) < 4.78 is 30.4. The molecule has 2 aromatic carbocycles. The van der Waals surface area contributed by atoms with Gasteiger partial charge in [0.05, 0.1) is 17.5 Å². The Hall–Kier alpha value is -2.68. The highest BCUT2D eigenvalue weighted by atomic mass is 32.2. The summed E-state index contributed by atoms with van der Waals surface area (Å²) in [5.74, 6) is 0.557. The summed E-state index contributed by atoms with van der Waals surface area (Å²) in [5.41, 5.74) is 2.35. The van der Waals surface area contributed by atoms with E-state index in [1.54, 1.807) is 24.3 Å². The number of aliphatic hydroxyl groups excluding tert-OH is 1. The molecule has 1 atom stereocenters. The van der Waals surface area contributed by atoms with Crippen LogP contribution in [0.3, 0.4) is 0 Å². The quantitative estimate of drug-likeness (QED) is 0.558. The van der Waals surface area contributed by atoms with Gasteiger partial charge in [-0.15, -0.1) is 0 Å². The van der Waals surface area contributed by atoms with E-state index in [0.29, 0.717) is 24.5 Å². The van der Waals surface area contributed by atoms with Crippen molar-refractivity contribution in [2.24, 2.45) is 0 Å². The van der Waals surface area contributed by atoms with Crippen molar-refractivity contribution in [3.8, 4) is 5.75 Å². The van der Waals surface area contributed by atoms with E-state index in [4.69, 9.17) is 4.74 Å². The van der Waals surface area contributed by atoms with E-state index < -0.39 is 16.1 Å². The van der Waals surface area contributed by atoms with Crippen molar-refractivity contribution in [2.75, 3.05) is 31.2 Å². The molecule has 1 unspecified atom stereocenters. The van der Waals surface area contributed by atoms with Crippen molar-refractivity contribution >= 4 is 26.6 Å². The minimum Gasteiger partial charge on any atom is -0.491 e. The van der Waals surface area contributed by atoms with E-state index in [9.17, 15) is 13.5 Å². The van der Waals surface area contributed by atoms with Gasteiger partial charge in [-0.05, 0) is 43.4 Å². The van der Waals surface area contributed by atoms with Crippen LogP contribution in [0.5, 0.6) is 5.75 Å². The minimum atomic E-state index is -3.31. The number of ether oxygens (including phenoxy) is 1. The summed E-state index contributed by atoms with van der Waals surface area (Å²) in [6, 6.07) is 18.5. The van der Waals surface area contributed by atoms with Crippen molar-refractivity contribution in [3.05, 3.63) is 66.4 Å². The van der Waals surface area contributed by atoms with Gasteiger partial charge in [0.15, 0.2) is 0 Å². The molecule has 3 aromatic rings. The number of sulfonamides is 1. The molecule has 1 aromatic heterocycles. The molecule has 0 spiro atoms. The Kier molecular flexibility index (Phi) is 6.68. The first kappa shape index (κ1) is 21.0. The summed E-state index contributed by atoms with van der Waals surface area (Å²) in [4.78, 5) is 6.64. The van der Waals surface area contributed by atoms with Crippen LogP contribution in [-0.4, -0.2) is 56.0 Å². The fraction of sp³-hybridized carbons (Fsp3) is 0.286. The second-order valence-corrected chi connectivity index (χ2v) is 8.80. The highest BCUT2D eigenvalue weighted by molar-refractivity contribution is 7.92. The average molecular weight is 416 g/mol. The number of hydrogen-bond donors (Lipinski definition) is 2. The Bertz CT molecular complexity index is 1050. The van der Waals surface area contributed by atoms with Crippen LogP contribution in [0.1, 0.15) is 5.69 Å². The molecular weight excluding hydrogens is 390 g/mol. The molecule has 0 aliphatic carbocycles. The van der Waals surface area contributed by atoms with Crippen molar-refractivity contribution in [3.63, 3.8) is 0 Å². The van der Waals surface area contributed by atoms with Gasteiger partial charge >= 0.3 is 0 Å². The lowest BCUT2D eigenvalue weighted by atomic mass is 10.2. The number of para-hydroxylation sites is 1. The van der Waals surface area contributed by atoms with Crippen LogP contribution in [0, 0.1) is 0 Å². The second-order valence-electron chi connectivity index (χ2n) is 7.06. The van der Waals surface area contributed by atoms with Gasteiger partial charge in [0.1, 0.15) is 18.5 Å². The molecule has 0 amide bonds. The number of fused-ring (bicyclic) bond motifs is 1. The minimum absolute atomic E-state index is 0.133.